The third-order valence-electron chi connectivity index (χ3n) is 5.94. The van der Waals surface area contributed by atoms with Gasteiger partial charge in [0.25, 0.3) is 0 Å². The lowest BCUT2D eigenvalue weighted by Crippen LogP contribution is -2.53. The number of cyclic esters (lactones) is 1. The van der Waals surface area contributed by atoms with E-state index in [-0.39, 0.29) is 24.1 Å². The summed E-state index contributed by atoms with van der Waals surface area (Å²) in [6.07, 6.45) is -0.563. The topological polar surface area (TPSA) is 44.8 Å². The normalized spacial score (nSPS) is 23.5. The van der Waals surface area contributed by atoms with Crippen LogP contribution in [-0.2, 0) is 25.3 Å². The molecular weight excluding hydrogens is 356 g/mol. The highest BCUT2D eigenvalue weighted by molar-refractivity contribution is 6.77. The molecule has 1 aromatic rings. The second-order valence-corrected chi connectivity index (χ2v) is 14.1. The molecule has 152 valence electrons. The van der Waals surface area contributed by atoms with E-state index in [0.717, 1.165) is 5.56 Å². The van der Waals surface area contributed by atoms with Gasteiger partial charge >= 0.3 is 5.97 Å². The van der Waals surface area contributed by atoms with Gasteiger partial charge in [-0.05, 0) is 29.1 Å². The highest BCUT2D eigenvalue weighted by Gasteiger charge is 2.52. The molecule has 0 N–H and O–H groups in total. The van der Waals surface area contributed by atoms with Gasteiger partial charge in [0.05, 0.1) is 25.2 Å². The first kappa shape index (κ1) is 22.1. The van der Waals surface area contributed by atoms with Crippen LogP contribution in [0.15, 0.2) is 30.3 Å². The highest BCUT2D eigenvalue weighted by atomic mass is 28.4. The maximum Gasteiger partial charge on any atom is 0.311 e. The van der Waals surface area contributed by atoms with Gasteiger partial charge in [-0.2, -0.15) is 0 Å². The van der Waals surface area contributed by atoms with Crippen molar-refractivity contribution in [1.29, 1.82) is 0 Å². The van der Waals surface area contributed by atoms with E-state index in [4.69, 9.17) is 13.9 Å². The van der Waals surface area contributed by atoms with Gasteiger partial charge in [-0.1, -0.05) is 71.9 Å². The summed E-state index contributed by atoms with van der Waals surface area (Å²) in [5, 5.41) is 0. The predicted octanol–water partition coefficient (Wildman–Crippen LogP) is 5.33. The van der Waals surface area contributed by atoms with Crippen molar-refractivity contribution in [1.82, 2.24) is 0 Å². The fourth-order valence-corrected chi connectivity index (χ4v) is 10.2. The summed E-state index contributed by atoms with van der Waals surface area (Å²) in [5.74, 6) is -0.425. The average Bonchev–Trinajstić information content (AvgIpc) is 2.86. The van der Waals surface area contributed by atoms with Crippen molar-refractivity contribution in [3.8, 4) is 0 Å². The van der Waals surface area contributed by atoms with Crippen molar-refractivity contribution >= 4 is 14.3 Å². The van der Waals surface area contributed by atoms with Gasteiger partial charge in [0.1, 0.15) is 0 Å². The molecule has 0 aromatic heterocycles. The quantitative estimate of drug-likeness (QED) is 0.421. The summed E-state index contributed by atoms with van der Waals surface area (Å²) >= 11 is 0. The maximum atomic E-state index is 12.3. The van der Waals surface area contributed by atoms with Gasteiger partial charge in [0.2, 0.25) is 8.32 Å². The lowest BCUT2D eigenvalue weighted by Gasteiger charge is -2.45. The van der Waals surface area contributed by atoms with Gasteiger partial charge < -0.3 is 13.9 Å². The smallest absolute Gasteiger partial charge is 0.311 e. The highest BCUT2D eigenvalue weighted by Crippen LogP contribution is 2.45. The number of carbonyl (C=O) groups excluding carboxylic acids is 1. The minimum absolute atomic E-state index is 0.174. The molecule has 0 aliphatic carbocycles. The molecule has 0 unspecified atom stereocenters. The Morgan fingerprint density at radius 3 is 2.07 bits per heavy atom. The Labute approximate surface area is 165 Å². The van der Waals surface area contributed by atoms with Crippen molar-refractivity contribution in [3.63, 3.8) is 0 Å². The van der Waals surface area contributed by atoms with E-state index < -0.39 is 8.32 Å². The van der Waals surface area contributed by atoms with E-state index in [1.54, 1.807) is 0 Å². The molecule has 1 saturated heterocycles. The summed E-state index contributed by atoms with van der Waals surface area (Å²) in [6, 6.07) is 10.0. The minimum Gasteiger partial charge on any atom is -0.457 e. The number of hydrogen-bond donors (Lipinski definition) is 0. The van der Waals surface area contributed by atoms with Gasteiger partial charge in [0, 0.05) is 0 Å². The molecule has 0 bridgehead atoms. The van der Waals surface area contributed by atoms with E-state index in [1.165, 1.54) is 0 Å². The van der Waals surface area contributed by atoms with Crippen LogP contribution in [0.2, 0.25) is 16.6 Å². The first-order chi connectivity index (χ1) is 12.7. The third kappa shape index (κ3) is 4.82. The second-order valence-electron chi connectivity index (χ2n) is 8.66. The molecule has 0 saturated carbocycles. The number of esters is 1. The molecular formula is C22H36O4Si. The van der Waals surface area contributed by atoms with Crippen LogP contribution in [0.25, 0.3) is 0 Å². The number of hydrogen-bond acceptors (Lipinski definition) is 4. The molecule has 1 aliphatic heterocycles. The number of ether oxygens (including phenoxy) is 2. The van der Waals surface area contributed by atoms with Crippen molar-refractivity contribution in [2.75, 3.05) is 6.61 Å². The van der Waals surface area contributed by atoms with E-state index in [1.807, 2.05) is 37.3 Å². The predicted molar refractivity (Wildman–Crippen MR) is 111 cm³/mol. The van der Waals surface area contributed by atoms with Crippen molar-refractivity contribution < 1.29 is 18.7 Å². The number of benzene rings is 1. The third-order valence-corrected chi connectivity index (χ3v) is 12.0. The summed E-state index contributed by atoms with van der Waals surface area (Å²) in [4.78, 5) is 12.3. The Balaban J connectivity index is 2.12. The first-order valence-corrected chi connectivity index (χ1v) is 12.3. The molecule has 0 radical (unpaired) electrons. The molecule has 4 nitrogen and oxygen atoms in total. The van der Waals surface area contributed by atoms with Crippen LogP contribution in [0.1, 0.15) is 54.0 Å². The largest absolute Gasteiger partial charge is 0.457 e. The Hall–Kier alpha value is -1.17. The fraction of sp³-hybridized carbons (Fsp3) is 0.682. The van der Waals surface area contributed by atoms with Crippen LogP contribution in [0, 0.1) is 5.92 Å². The van der Waals surface area contributed by atoms with Gasteiger partial charge in [-0.3, -0.25) is 4.79 Å². The van der Waals surface area contributed by atoms with Crippen LogP contribution < -0.4 is 0 Å². The zero-order valence-electron chi connectivity index (χ0n) is 17.9. The number of carbonyl (C=O) groups is 1. The molecule has 2 rings (SSSR count). The van der Waals surface area contributed by atoms with Crippen LogP contribution >= 0.6 is 0 Å². The molecule has 0 spiro atoms. The standard InChI is InChI=1S/C22H36O4Si/c1-15(2)27(16(3)4,17(5)6)26-21-18(7)22(23)25-20(21)14-24-13-19-11-9-8-10-12-19/h8-12,15-18,20-21H,13-14H2,1-7H3/t18-,20+,21-/m0/s1. The van der Waals surface area contributed by atoms with E-state index >= 15 is 0 Å². The Kier molecular flexibility index (Phi) is 7.66. The van der Waals surface area contributed by atoms with Gasteiger partial charge in [-0.15, -0.1) is 0 Å². The van der Waals surface area contributed by atoms with Crippen LogP contribution in [-0.4, -0.2) is 33.1 Å². The summed E-state index contributed by atoms with van der Waals surface area (Å²) in [7, 11) is -2.10. The SMILES string of the molecule is CC(C)[Si](O[C@H]1[C@H](C)C(=O)O[C@@H]1COCc1ccccc1)(C(C)C)C(C)C. The van der Waals surface area contributed by atoms with Gasteiger partial charge in [-0.25, -0.2) is 0 Å². The van der Waals surface area contributed by atoms with Crippen LogP contribution in [0.3, 0.4) is 0 Å². The minimum atomic E-state index is -2.10. The molecule has 0 amide bonds. The molecule has 27 heavy (non-hydrogen) atoms. The monoisotopic (exact) mass is 392 g/mol. The van der Waals surface area contributed by atoms with Crippen LogP contribution in [0.5, 0.6) is 0 Å². The molecule has 1 aromatic carbocycles. The lowest BCUT2D eigenvalue weighted by atomic mass is 10.0. The summed E-state index contributed by atoms with van der Waals surface area (Å²) < 4.78 is 18.4. The lowest BCUT2D eigenvalue weighted by molar-refractivity contribution is -0.146. The van der Waals surface area contributed by atoms with Crippen LogP contribution in [0.4, 0.5) is 0 Å². The number of rotatable bonds is 9. The molecule has 1 aliphatic rings. The molecule has 5 heteroatoms. The van der Waals surface area contributed by atoms with Crippen molar-refractivity contribution in [2.24, 2.45) is 5.92 Å². The van der Waals surface area contributed by atoms with Crippen molar-refractivity contribution in [3.05, 3.63) is 35.9 Å². The van der Waals surface area contributed by atoms with E-state index in [9.17, 15) is 4.79 Å². The molecule has 1 fully saturated rings. The summed E-state index contributed by atoms with van der Waals surface area (Å²) in [6.45, 7) is 16.4. The Morgan fingerprint density at radius 1 is 1.00 bits per heavy atom. The zero-order chi connectivity index (χ0) is 20.2. The average molecular weight is 393 g/mol. The Morgan fingerprint density at radius 2 is 1.56 bits per heavy atom. The first-order valence-electron chi connectivity index (χ1n) is 10.2. The Bertz CT molecular complexity index is 578. The maximum absolute atomic E-state index is 12.3. The zero-order valence-corrected chi connectivity index (χ0v) is 18.9. The van der Waals surface area contributed by atoms with E-state index in [0.29, 0.717) is 29.8 Å². The van der Waals surface area contributed by atoms with Gasteiger partial charge in [0.15, 0.2) is 6.10 Å². The summed E-state index contributed by atoms with van der Waals surface area (Å²) in [5.41, 5.74) is 2.51. The van der Waals surface area contributed by atoms with E-state index in [2.05, 4.69) is 41.5 Å². The molecule has 1 heterocycles. The molecule has 3 atom stereocenters. The van der Waals surface area contributed by atoms with Crippen molar-refractivity contribution in [2.45, 2.75) is 83.9 Å². The second kappa shape index (κ2) is 9.35. The fourth-order valence-electron chi connectivity index (χ4n) is 4.60.